The van der Waals surface area contributed by atoms with E-state index in [-0.39, 0.29) is 0 Å². The summed E-state index contributed by atoms with van der Waals surface area (Å²) >= 11 is 0. The van der Waals surface area contributed by atoms with Gasteiger partial charge in [0.15, 0.2) is 0 Å². The van der Waals surface area contributed by atoms with Crippen LogP contribution < -0.4 is 0 Å². The Morgan fingerprint density at radius 2 is 1.94 bits per heavy atom. The normalized spacial score (nSPS) is 11.1. The minimum absolute atomic E-state index is 0.657. The molecule has 0 amide bonds. The fourth-order valence-corrected chi connectivity index (χ4v) is 1.48. The molecule has 17 heavy (non-hydrogen) atoms. The quantitative estimate of drug-likeness (QED) is 0.810. The highest BCUT2D eigenvalue weighted by molar-refractivity contribution is 5.54. The van der Waals surface area contributed by atoms with Gasteiger partial charge >= 0.3 is 0 Å². The van der Waals surface area contributed by atoms with Gasteiger partial charge < -0.3 is 4.52 Å². The van der Waals surface area contributed by atoms with Gasteiger partial charge in [-0.1, -0.05) is 41.9 Å². The molecule has 0 bridgehead atoms. The van der Waals surface area contributed by atoms with Gasteiger partial charge in [0.05, 0.1) is 6.54 Å². The molecular formula is C13H17N3O. The van der Waals surface area contributed by atoms with Crippen molar-refractivity contribution in [1.82, 2.24) is 15.0 Å². The van der Waals surface area contributed by atoms with E-state index in [9.17, 15) is 0 Å². The van der Waals surface area contributed by atoms with E-state index in [1.54, 1.807) is 0 Å². The Morgan fingerprint density at radius 1 is 1.24 bits per heavy atom. The molecule has 4 nitrogen and oxygen atoms in total. The van der Waals surface area contributed by atoms with Gasteiger partial charge in [0.2, 0.25) is 11.7 Å². The van der Waals surface area contributed by atoms with Crippen LogP contribution in [0.2, 0.25) is 0 Å². The monoisotopic (exact) mass is 231 g/mol. The highest BCUT2D eigenvalue weighted by atomic mass is 16.5. The van der Waals surface area contributed by atoms with Gasteiger partial charge in [-0.3, -0.25) is 4.90 Å². The molecule has 0 N–H and O–H groups in total. The van der Waals surface area contributed by atoms with Crippen molar-refractivity contribution in [2.24, 2.45) is 0 Å². The number of hydrogen-bond donors (Lipinski definition) is 0. The summed E-state index contributed by atoms with van der Waals surface area (Å²) < 4.78 is 5.22. The maximum atomic E-state index is 5.22. The van der Waals surface area contributed by atoms with Crippen LogP contribution in [0.25, 0.3) is 11.4 Å². The number of aromatic nitrogens is 2. The van der Waals surface area contributed by atoms with Crippen LogP contribution in [-0.2, 0) is 6.54 Å². The Morgan fingerprint density at radius 3 is 2.59 bits per heavy atom. The average molecular weight is 231 g/mol. The molecule has 0 aliphatic heterocycles. The van der Waals surface area contributed by atoms with Gasteiger partial charge in [-0.15, -0.1) is 0 Å². The van der Waals surface area contributed by atoms with Crippen molar-refractivity contribution in [3.05, 3.63) is 35.7 Å². The molecule has 1 aromatic heterocycles. The van der Waals surface area contributed by atoms with Crippen molar-refractivity contribution in [2.75, 3.05) is 13.6 Å². The summed E-state index contributed by atoms with van der Waals surface area (Å²) in [6.45, 7) is 5.80. The third-order valence-electron chi connectivity index (χ3n) is 2.72. The maximum absolute atomic E-state index is 5.22. The van der Waals surface area contributed by atoms with Crippen LogP contribution in [0.5, 0.6) is 0 Å². The van der Waals surface area contributed by atoms with Crippen molar-refractivity contribution < 1.29 is 4.52 Å². The molecule has 0 spiro atoms. The lowest BCUT2D eigenvalue weighted by Gasteiger charge is -2.08. The van der Waals surface area contributed by atoms with Gasteiger partial charge in [0, 0.05) is 5.56 Å². The zero-order chi connectivity index (χ0) is 12.3. The zero-order valence-corrected chi connectivity index (χ0v) is 10.5. The van der Waals surface area contributed by atoms with Gasteiger partial charge in [-0.05, 0) is 20.5 Å². The Balaban J connectivity index is 2.15. The summed E-state index contributed by atoms with van der Waals surface area (Å²) in [7, 11) is 2.02. The molecule has 1 heterocycles. The first kappa shape index (κ1) is 11.8. The van der Waals surface area contributed by atoms with Gasteiger partial charge in [-0.25, -0.2) is 0 Å². The van der Waals surface area contributed by atoms with Crippen molar-refractivity contribution >= 4 is 0 Å². The van der Waals surface area contributed by atoms with Crippen molar-refractivity contribution in [2.45, 2.75) is 20.4 Å². The molecule has 90 valence electrons. The summed E-state index contributed by atoms with van der Waals surface area (Å²) in [4.78, 5) is 6.50. The maximum Gasteiger partial charge on any atom is 0.241 e. The van der Waals surface area contributed by atoms with E-state index >= 15 is 0 Å². The molecule has 2 rings (SSSR count). The number of rotatable bonds is 4. The predicted molar refractivity (Wildman–Crippen MR) is 66.5 cm³/mol. The van der Waals surface area contributed by atoms with Crippen LogP contribution in [0.1, 0.15) is 18.4 Å². The van der Waals surface area contributed by atoms with Crippen LogP contribution in [0.15, 0.2) is 28.8 Å². The van der Waals surface area contributed by atoms with E-state index in [0.717, 1.165) is 12.1 Å². The highest BCUT2D eigenvalue weighted by Crippen LogP contribution is 2.16. The van der Waals surface area contributed by atoms with E-state index in [2.05, 4.69) is 28.9 Å². The third-order valence-corrected chi connectivity index (χ3v) is 2.72. The fraction of sp³-hybridized carbons (Fsp3) is 0.385. The lowest BCUT2D eigenvalue weighted by atomic mass is 10.1. The van der Waals surface area contributed by atoms with Crippen LogP contribution in [0, 0.1) is 6.92 Å². The summed E-state index contributed by atoms with van der Waals surface area (Å²) in [6, 6.07) is 8.11. The first-order valence-electron chi connectivity index (χ1n) is 5.77. The topological polar surface area (TPSA) is 42.2 Å². The fourth-order valence-electron chi connectivity index (χ4n) is 1.48. The first-order valence-corrected chi connectivity index (χ1v) is 5.77. The second-order valence-corrected chi connectivity index (χ2v) is 4.21. The SMILES string of the molecule is CCN(C)Cc1nc(-c2ccc(C)cc2)no1. The average Bonchev–Trinajstić information content (AvgIpc) is 2.78. The van der Waals surface area contributed by atoms with E-state index < -0.39 is 0 Å². The number of nitrogens with zero attached hydrogens (tertiary/aromatic N) is 3. The zero-order valence-electron chi connectivity index (χ0n) is 10.5. The Hall–Kier alpha value is -1.68. The van der Waals surface area contributed by atoms with E-state index in [4.69, 9.17) is 4.52 Å². The number of benzene rings is 1. The standard InChI is InChI=1S/C13H17N3O/c1-4-16(3)9-12-14-13(15-17-12)11-7-5-10(2)6-8-11/h5-8H,4,9H2,1-3H3. The smallest absolute Gasteiger partial charge is 0.241 e. The second-order valence-electron chi connectivity index (χ2n) is 4.21. The van der Waals surface area contributed by atoms with Crippen molar-refractivity contribution in [3.63, 3.8) is 0 Å². The first-order chi connectivity index (χ1) is 8.19. The molecule has 4 heteroatoms. The molecule has 0 aliphatic carbocycles. The van der Waals surface area contributed by atoms with E-state index in [1.807, 2.05) is 31.3 Å². The third kappa shape index (κ3) is 2.91. The molecule has 2 aromatic rings. The molecule has 0 unspecified atom stereocenters. The number of hydrogen-bond acceptors (Lipinski definition) is 4. The van der Waals surface area contributed by atoms with Gasteiger partial charge in [-0.2, -0.15) is 4.98 Å². The molecular weight excluding hydrogens is 214 g/mol. The Kier molecular flexibility index (Phi) is 3.54. The van der Waals surface area contributed by atoms with Gasteiger partial charge in [0.25, 0.3) is 0 Å². The van der Waals surface area contributed by atoms with Crippen LogP contribution in [-0.4, -0.2) is 28.6 Å². The second kappa shape index (κ2) is 5.10. The van der Waals surface area contributed by atoms with Crippen molar-refractivity contribution in [1.29, 1.82) is 0 Å². The van der Waals surface area contributed by atoms with E-state index in [0.29, 0.717) is 18.3 Å². The molecule has 1 aromatic carbocycles. The summed E-state index contributed by atoms with van der Waals surface area (Å²) in [5.74, 6) is 1.31. The highest BCUT2D eigenvalue weighted by Gasteiger charge is 2.09. The lowest BCUT2D eigenvalue weighted by molar-refractivity contribution is 0.276. The van der Waals surface area contributed by atoms with E-state index in [1.165, 1.54) is 5.56 Å². The van der Waals surface area contributed by atoms with Crippen molar-refractivity contribution in [3.8, 4) is 11.4 Å². The molecule has 0 saturated carbocycles. The molecule has 0 fully saturated rings. The Labute approximate surface area is 101 Å². The summed E-state index contributed by atoms with van der Waals surface area (Å²) in [5.41, 5.74) is 2.22. The molecule has 0 aliphatic rings. The molecule has 0 radical (unpaired) electrons. The summed E-state index contributed by atoms with van der Waals surface area (Å²) in [6.07, 6.45) is 0. The number of aryl methyl sites for hydroxylation is 1. The molecule has 0 atom stereocenters. The summed E-state index contributed by atoms with van der Waals surface area (Å²) in [5, 5.41) is 3.99. The molecule has 0 saturated heterocycles. The van der Waals surface area contributed by atoms with Gasteiger partial charge in [0.1, 0.15) is 0 Å². The predicted octanol–water partition coefficient (Wildman–Crippen LogP) is 2.50. The minimum Gasteiger partial charge on any atom is -0.338 e. The van der Waals surface area contributed by atoms with Crippen LogP contribution in [0.3, 0.4) is 0 Å². The lowest BCUT2D eigenvalue weighted by Crippen LogP contribution is -2.16. The van der Waals surface area contributed by atoms with Crippen LogP contribution in [0.4, 0.5) is 0 Å². The van der Waals surface area contributed by atoms with Crippen LogP contribution >= 0.6 is 0 Å². The minimum atomic E-state index is 0.657. The largest absolute Gasteiger partial charge is 0.338 e. The Bertz CT molecular complexity index is 476.